The Labute approximate surface area is 116 Å². The van der Waals surface area contributed by atoms with Crippen LogP contribution in [0.2, 0.25) is 5.02 Å². The summed E-state index contributed by atoms with van der Waals surface area (Å²) >= 11 is 9.73. The van der Waals surface area contributed by atoms with E-state index in [1.54, 1.807) is 0 Å². The lowest BCUT2D eigenvalue weighted by atomic mass is 10.0. The predicted octanol–water partition coefficient (Wildman–Crippen LogP) is 4.31. The van der Waals surface area contributed by atoms with E-state index in [-0.39, 0.29) is 0 Å². The molecule has 1 unspecified atom stereocenters. The molecule has 0 aromatic heterocycles. The molecule has 0 spiro atoms. The average Bonchev–Trinajstić information content (AvgIpc) is 2.41. The quantitative estimate of drug-likeness (QED) is 0.877. The number of halogens is 2. The summed E-state index contributed by atoms with van der Waals surface area (Å²) in [5.41, 5.74) is 1.16. The Kier molecular flexibility index (Phi) is 4.34. The van der Waals surface area contributed by atoms with Crippen molar-refractivity contribution >= 4 is 27.5 Å². The average molecular weight is 319 g/mol. The summed E-state index contributed by atoms with van der Waals surface area (Å²) in [6.07, 6.45) is 2.13. The van der Waals surface area contributed by atoms with Gasteiger partial charge in [-0.2, -0.15) is 0 Å². The molecule has 2 rings (SSSR count). The van der Waals surface area contributed by atoms with E-state index in [9.17, 15) is 0 Å². The number of fused-ring (bicyclic) bond motifs is 1. The Bertz CT molecular complexity index is 409. The van der Waals surface area contributed by atoms with Crippen molar-refractivity contribution in [2.24, 2.45) is 0 Å². The van der Waals surface area contributed by atoms with Crippen molar-refractivity contribution in [2.75, 3.05) is 6.61 Å². The summed E-state index contributed by atoms with van der Waals surface area (Å²) in [5, 5.41) is 4.26. The van der Waals surface area contributed by atoms with Crippen molar-refractivity contribution in [3.05, 3.63) is 27.2 Å². The van der Waals surface area contributed by atoms with E-state index in [1.165, 1.54) is 0 Å². The lowest BCUT2D eigenvalue weighted by Crippen LogP contribution is -2.27. The topological polar surface area (TPSA) is 21.3 Å². The van der Waals surface area contributed by atoms with Crippen molar-refractivity contribution in [1.29, 1.82) is 0 Å². The van der Waals surface area contributed by atoms with Crippen molar-refractivity contribution in [1.82, 2.24) is 5.32 Å². The Morgan fingerprint density at radius 3 is 2.94 bits per heavy atom. The van der Waals surface area contributed by atoms with Crippen LogP contribution in [0, 0.1) is 0 Å². The van der Waals surface area contributed by atoms with Gasteiger partial charge in [-0.3, -0.25) is 0 Å². The third-order valence-electron chi connectivity index (χ3n) is 2.83. The monoisotopic (exact) mass is 317 g/mol. The third kappa shape index (κ3) is 3.15. The van der Waals surface area contributed by atoms with Gasteiger partial charge in [-0.15, -0.1) is 0 Å². The van der Waals surface area contributed by atoms with Crippen LogP contribution in [-0.2, 0) is 0 Å². The van der Waals surface area contributed by atoms with Crippen LogP contribution in [0.3, 0.4) is 0 Å². The molecule has 1 aromatic carbocycles. The van der Waals surface area contributed by atoms with Crippen LogP contribution in [0.15, 0.2) is 16.6 Å². The molecule has 0 saturated heterocycles. The highest BCUT2D eigenvalue weighted by molar-refractivity contribution is 9.10. The first-order valence-corrected chi connectivity index (χ1v) is 7.13. The Balaban J connectivity index is 2.40. The van der Waals surface area contributed by atoms with Crippen molar-refractivity contribution in [3.8, 4) is 5.75 Å². The molecular weight excluding hydrogens is 302 g/mol. The molecule has 4 heteroatoms. The summed E-state index contributed by atoms with van der Waals surface area (Å²) in [4.78, 5) is 0. The van der Waals surface area contributed by atoms with Gasteiger partial charge in [0.1, 0.15) is 5.75 Å². The zero-order chi connectivity index (χ0) is 12.4. The molecule has 1 aliphatic heterocycles. The van der Waals surface area contributed by atoms with E-state index in [0.717, 1.165) is 35.2 Å². The van der Waals surface area contributed by atoms with E-state index in [1.807, 2.05) is 6.07 Å². The minimum atomic E-state index is 0.322. The zero-order valence-electron chi connectivity index (χ0n) is 10.1. The standard InChI is InChI=1S/C13H17BrClNO/c1-8(2)16-12-4-3-5-17-13-10(12)6-9(14)7-11(13)15/h6-8,12,16H,3-5H2,1-2H3. The Morgan fingerprint density at radius 2 is 2.24 bits per heavy atom. The Hall–Kier alpha value is -0.250. The number of benzene rings is 1. The van der Waals surface area contributed by atoms with Crippen molar-refractivity contribution < 1.29 is 4.74 Å². The van der Waals surface area contributed by atoms with Gasteiger partial charge < -0.3 is 10.1 Å². The van der Waals surface area contributed by atoms with E-state index < -0.39 is 0 Å². The van der Waals surface area contributed by atoms with E-state index >= 15 is 0 Å². The molecule has 1 atom stereocenters. The van der Waals surface area contributed by atoms with Gasteiger partial charge in [-0.25, -0.2) is 0 Å². The smallest absolute Gasteiger partial charge is 0.142 e. The molecule has 0 amide bonds. The maximum atomic E-state index is 6.24. The van der Waals surface area contributed by atoms with Gasteiger partial charge in [0.2, 0.25) is 0 Å². The van der Waals surface area contributed by atoms with Crippen LogP contribution in [0.1, 0.15) is 38.3 Å². The van der Waals surface area contributed by atoms with Crippen LogP contribution >= 0.6 is 27.5 Å². The second kappa shape index (κ2) is 5.59. The molecule has 1 N–H and O–H groups in total. The summed E-state index contributed by atoms with van der Waals surface area (Å²) in [6, 6.07) is 4.76. The fourth-order valence-electron chi connectivity index (χ4n) is 2.18. The molecule has 0 saturated carbocycles. The number of hydrogen-bond donors (Lipinski definition) is 1. The van der Waals surface area contributed by atoms with Crippen molar-refractivity contribution in [3.63, 3.8) is 0 Å². The molecule has 0 radical (unpaired) electrons. The van der Waals surface area contributed by atoms with Gasteiger partial charge in [0, 0.05) is 22.1 Å². The highest BCUT2D eigenvalue weighted by Crippen LogP contribution is 2.39. The number of ether oxygens (including phenoxy) is 1. The second-order valence-corrected chi connectivity index (χ2v) is 5.99. The fourth-order valence-corrected chi connectivity index (χ4v) is 3.07. The minimum absolute atomic E-state index is 0.322. The first kappa shape index (κ1) is 13.2. The van der Waals surface area contributed by atoms with E-state index in [4.69, 9.17) is 16.3 Å². The molecule has 0 aliphatic carbocycles. The predicted molar refractivity (Wildman–Crippen MR) is 74.9 cm³/mol. The minimum Gasteiger partial charge on any atom is -0.492 e. The van der Waals surface area contributed by atoms with Crippen LogP contribution in [0.4, 0.5) is 0 Å². The maximum Gasteiger partial charge on any atom is 0.142 e. The highest BCUT2D eigenvalue weighted by atomic mass is 79.9. The summed E-state index contributed by atoms with van der Waals surface area (Å²) in [5.74, 6) is 0.838. The molecule has 94 valence electrons. The van der Waals surface area contributed by atoms with E-state index in [2.05, 4.69) is 41.2 Å². The molecule has 2 nitrogen and oxygen atoms in total. The molecule has 1 aliphatic rings. The van der Waals surface area contributed by atoms with Crippen LogP contribution in [-0.4, -0.2) is 12.6 Å². The van der Waals surface area contributed by atoms with Crippen LogP contribution < -0.4 is 10.1 Å². The molecule has 1 heterocycles. The SMILES string of the molecule is CC(C)NC1CCCOc2c(Cl)cc(Br)cc21. The largest absolute Gasteiger partial charge is 0.492 e. The normalized spacial score (nSPS) is 19.7. The van der Waals surface area contributed by atoms with Crippen LogP contribution in [0.25, 0.3) is 0 Å². The summed E-state index contributed by atoms with van der Waals surface area (Å²) in [6.45, 7) is 5.06. The van der Waals surface area contributed by atoms with Gasteiger partial charge in [-0.05, 0) is 25.0 Å². The number of hydrogen-bond acceptors (Lipinski definition) is 2. The lowest BCUT2D eigenvalue weighted by Gasteiger charge is -2.21. The third-order valence-corrected chi connectivity index (χ3v) is 3.57. The van der Waals surface area contributed by atoms with Crippen LogP contribution in [0.5, 0.6) is 5.75 Å². The van der Waals surface area contributed by atoms with Gasteiger partial charge >= 0.3 is 0 Å². The summed E-state index contributed by atoms with van der Waals surface area (Å²) < 4.78 is 6.76. The van der Waals surface area contributed by atoms with Gasteiger partial charge in [0.05, 0.1) is 11.6 Å². The molecule has 17 heavy (non-hydrogen) atoms. The van der Waals surface area contributed by atoms with Crippen molar-refractivity contribution in [2.45, 2.75) is 38.8 Å². The maximum absolute atomic E-state index is 6.24. The molecule has 0 fully saturated rings. The van der Waals surface area contributed by atoms with Gasteiger partial charge in [0.15, 0.2) is 0 Å². The first-order valence-electron chi connectivity index (χ1n) is 5.95. The molecular formula is C13H17BrClNO. The molecule has 0 bridgehead atoms. The number of rotatable bonds is 2. The number of nitrogens with one attached hydrogen (secondary N) is 1. The molecule has 1 aromatic rings. The summed E-state index contributed by atoms with van der Waals surface area (Å²) in [7, 11) is 0. The zero-order valence-corrected chi connectivity index (χ0v) is 12.4. The lowest BCUT2D eigenvalue weighted by molar-refractivity contribution is 0.314. The highest BCUT2D eigenvalue weighted by Gasteiger charge is 2.22. The van der Waals surface area contributed by atoms with E-state index in [0.29, 0.717) is 17.1 Å². The van der Waals surface area contributed by atoms with Gasteiger partial charge in [-0.1, -0.05) is 41.4 Å². The Morgan fingerprint density at radius 1 is 1.47 bits per heavy atom. The first-order chi connectivity index (χ1) is 8.08. The second-order valence-electron chi connectivity index (χ2n) is 4.67. The van der Waals surface area contributed by atoms with Gasteiger partial charge in [0.25, 0.3) is 0 Å². The fraction of sp³-hybridized carbons (Fsp3) is 0.538.